The third-order valence-corrected chi connectivity index (χ3v) is 7.63. The summed E-state index contributed by atoms with van der Waals surface area (Å²) in [5.74, 6) is 0.692. The van der Waals surface area contributed by atoms with Crippen LogP contribution >= 0.6 is 0 Å². The average molecular weight is 427 g/mol. The number of piperidine rings is 3. The maximum atomic E-state index is 13.2. The predicted octanol–water partition coefficient (Wildman–Crippen LogP) is 1.79. The van der Waals surface area contributed by atoms with Crippen molar-refractivity contribution in [2.45, 2.75) is 64.0 Å². The first kappa shape index (κ1) is 20.7. The molecule has 1 aromatic heterocycles. The van der Waals surface area contributed by atoms with Crippen LogP contribution in [0, 0.1) is 5.92 Å². The van der Waals surface area contributed by atoms with Crippen LogP contribution in [-0.2, 0) is 22.7 Å². The van der Waals surface area contributed by atoms with Crippen molar-refractivity contribution in [2.75, 3.05) is 39.3 Å². The minimum atomic E-state index is 0.0578. The van der Waals surface area contributed by atoms with Crippen LogP contribution < -0.4 is 5.56 Å². The van der Waals surface area contributed by atoms with E-state index < -0.39 is 0 Å². The van der Waals surface area contributed by atoms with Crippen molar-refractivity contribution >= 4 is 11.8 Å². The van der Waals surface area contributed by atoms with Gasteiger partial charge in [0.15, 0.2) is 0 Å². The minimum absolute atomic E-state index is 0.0578. The molecular weight excluding hydrogens is 392 g/mol. The Morgan fingerprint density at radius 3 is 2.55 bits per heavy atom. The fraction of sp³-hybridized carbons (Fsp3) is 0.708. The molecule has 2 amide bonds. The van der Waals surface area contributed by atoms with Crippen molar-refractivity contribution in [2.24, 2.45) is 5.92 Å². The number of carbonyl (C=O) groups is 2. The molecule has 7 nitrogen and oxygen atoms in total. The van der Waals surface area contributed by atoms with Crippen molar-refractivity contribution in [3.8, 4) is 0 Å². The lowest BCUT2D eigenvalue weighted by Gasteiger charge is -2.43. The van der Waals surface area contributed by atoms with Crippen molar-refractivity contribution in [1.82, 2.24) is 19.3 Å². The van der Waals surface area contributed by atoms with Crippen molar-refractivity contribution < 1.29 is 9.59 Å². The zero-order valence-corrected chi connectivity index (χ0v) is 18.4. The Morgan fingerprint density at radius 1 is 0.935 bits per heavy atom. The number of rotatable bonds is 4. The molecule has 168 valence electrons. The number of aromatic nitrogens is 1. The van der Waals surface area contributed by atoms with Crippen LogP contribution in [-0.4, -0.2) is 70.3 Å². The van der Waals surface area contributed by atoms with Gasteiger partial charge in [-0.25, -0.2) is 0 Å². The standard InChI is InChI=1S/C24H34N4O3/c29-22-6-2-5-11-26(22)17-23(30)27-13-18-12-20(16-27)21-8-7-19(24(31)28(21)14-18)15-25-9-3-1-4-10-25/h7-8,18,20H,1-6,9-17H2/t18-,20+/m0/s1. The van der Waals surface area contributed by atoms with Gasteiger partial charge in [-0.1, -0.05) is 12.5 Å². The summed E-state index contributed by atoms with van der Waals surface area (Å²) >= 11 is 0. The molecule has 0 aliphatic carbocycles. The number of nitrogens with zero attached hydrogens (tertiary/aromatic N) is 4. The van der Waals surface area contributed by atoms with Crippen molar-refractivity contribution in [1.29, 1.82) is 0 Å². The Labute approximate surface area is 184 Å². The molecule has 0 saturated carbocycles. The zero-order chi connectivity index (χ0) is 21.4. The Hall–Kier alpha value is -2.15. The van der Waals surface area contributed by atoms with Crippen molar-refractivity contribution in [3.63, 3.8) is 0 Å². The van der Waals surface area contributed by atoms with Crippen LogP contribution in [0.3, 0.4) is 0 Å². The Morgan fingerprint density at radius 2 is 1.74 bits per heavy atom. The molecule has 2 atom stereocenters. The lowest BCUT2D eigenvalue weighted by molar-refractivity contribution is -0.143. The number of likely N-dealkylation sites (tertiary alicyclic amines) is 3. The summed E-state index contributed by atoms with van der Waals surface area (Å²) < 4.78 is 1.99. The first-order valence-corrected chi connectivity index (χ1v) is 12.1. The second-order valence-corrected chi connectivity index (χ2v) is 9.91. The molecule has 5 heterocycles. The van der Waals surface area contributed by atoms with E-state index in [1.165, 1.54) is 19.3 Å². The third kappa shape index (κ3) is 4.29. The van der Waals surface area contributed by atoms with Crippen LogP contribution in [0.5, 0.6) is 0 Å². The Kier molecular flexibility index (Phi) is 5.87. The molecule has 0 aromatic carbocycles. The fourth-order valence-corrected chi connectivity index (χ4v) is 5.97. The molecule has 5 rings (SSSR count). The van der Waals surface area contributed by atoms with E-state index >= 15 is 0 Å². The van der Waals surface area contributed by atoms with E-state index in [9.17, 15) is 14.4 Å². The Bertz CT molecular complexity index is 905. The van der Waals surface area contributed by atoms with E-state index in [0.29, 0.717) is 38.5 Å². The maximum Gasteiger partial charge on any atom is 0.255 e. The van der Waals surface area contributed by atoms with Crippen LogP contribution in [0.2, 0.25) is 0 Å². The van der Waals surface area contributed by atoms with E-state index in [1.54, 1.807) is 4.90 Å². The quantitative estimate of drug-likeness (QED) is 0.736. The summed E-state index contributed by atoms with van der Waals surface area (Å²) in [4.78, 5) is 44.4. The van der Waals surface area contributed by atoms with Crippen LogP contribution in [0.1, 0.15) is 62.1 Å². The van der Waals surface area contributed by atoms with E-state index in [-0.39, 0.29) is 29.8 Å². The van der Waals surface area contributed by atoms with Gasteiger partial charge in [0.25, 0.3) is 5.56 Å². The number of fused-ring (bicyclic) bond motifs is 4. The first-order valence-electron chi connectivity index (χ1n) is 12.1. The molecule has 4 aliphatic rings. The third-order valence-electron chi connectivity index (χ3n) is 7.63. The molecule has 4 aliphatic heterocycles. The minimum Gasteiger partial charge on any atom is -0.340 e. The van der Waals surface area contributed by atoms with Crippen LogP contribution in [0.4, 0.5) is 0 Å². The summed E-state index contributed by atoms with van der Waals surface area (Å²) in [6.07, 6.45) is 7.27. The van der Waals surface area contributed by atoms with Gasteiger partial charge in [-0.2, -0.15) is 0 Å². The van der Waals surface area contributed by atoms with Gasteiger partial charge in [-0.15, -0.1) is 0 Å². The molecule has 0 N–H and O–H groups in total. The highest BCUT2D eigenvalue weighted by molar-refractivity contribution is 5.85. The SMILES string of the molecule is O=C1CCCCN1CC(=O)N1C[C@@H]2C[C@H](C1)c1ccc(CN3CCCCC3)c(=O)n1C2. The molecule has 0 radical (unpaired) electrons. The highest BCUT2D eigenvalue weighted by Gasteiger charge is 2.37. The number of hydrogen-bond donors (Lipinski definition) is 0. The summed E-state index contributed by atoms with van der Waals surface area (Å²) in [6.45, 7) is 5.88. The van der Waals surface area contributed by atoms with Gasteiger partial charge in [0.05, 0.1) is 6.54 Å². The van der Waals surface area contributed by atoms with Gasteiger partial charge in [-0.3, -0.25) is 19.3 Å². The normalized spacial score (nSPS) is 26.6. The summed E-state index contributed by atoms with van der Waals surface area (Å²) in [5.41, 5.74) is 2.15. The largest absolute Gasteiger partial charge is 0.340 e. The molecule has 7 heteroatoms. The molecular formula is C24H34N4O3. The van der Waals surface area contributed by atoms with Crippen LogP contribution in [0.25, 0.3) is 0 Å². The maximum absolute atomic E-state index is 13.2. The summed E-state index contributed by atoms with van der Waals surface area (Å²) in [6, 6.07) is 4.15. The Balaban J connectivity index is 1.29. The number of carbonyl (C=O) groups excluding carboxylic acids is 2. The van der Waals surface area contributed by atoms with E-state index in [0.717, 1.165) is 50.2 Å². The van der Waals surface area contributed by atoms with Gasteiger partial charge >= 0.3 is 0 Å². The molecule has 1 aromatic rings. The molecule has 31 heavy (non-hydrogen) atoms. The summed E-state index contributed by atoms with van der Waals surface area (Å²) in [5, 5.41) is 0. The topological polar surface area (TPSA) is 65.9 Å². The molecule has 3 fully saturated rings. The summed E-state index contributed by atoms with van der Waals surface area (Å²) in [7, 11) is 0. The number of amides is 2. The fourth-order valence-electron chi connectivity index (χ4n) is 5.97. The lowest BCUT2D eigenvalue weighted by atomic mass is 9.83. The monoisotopic (exact) mass is 426 g/mol. The molecule has 0 spiro atoms. The van der Waals surface area contributed by atoms with E-state index in [4.69, 9.17) is 0 Å². The first-order chi connectivity index (χ1) is 15.1. The smallest absolute Gasteiger partial charge is 0.255 e. The zero-order valence-electron chi connectivity index (χ0n) is 18.4. The van der Waals surface area contributed by atoms with Gasteiger partial charge < -0.3 is 14.4 Å². The number of pyridine rings is 1. The molecule has 2 bridgehead atoms. The lowest BCUT2D eigenvalue weighted by Crippen LogP contribution is -2.52. The number of hydrogen-bond acceptors (Lipinski definition) is 4. The molecule has 0 unspecified atom stereocenters. The second kappa shape index (κ2) is 8.77. The highest BCUT2D eigenvalue weighted by Crippen LogP contribution is 2.35. The van der Waals surface area contributed by atoms with Gasteiger partial charge in [-0.05, 0) is 57.2 Å². The van der Waals surface area contributed by atoms with Gasteiger partial charge in [0.2, 0.25) is 11.8 Å². The second-order valence-electron chi connectivity index (χ2n) is 9.91. The average Bonchev–Trinajstić information content (AvgIpc) is 2.78. The van der Waals surface area contributed by atoms with E-state index in [2.05, 4.69) is 11.0 Å². The predicted molar refractivity (Wildman–Crippen MR) is 118 cm³/mol. The van der Waals surface area contributed by atoms with Crippen molar-refractivity contribution in [3.05, 3.63) is 33.7 Å². The van der Waals surface area contributed by atoms with Gasteiger partial charge in [0.1, 0.15) is 0 Å². The molecule has 3 saturated heterocycles. The van der Waals surface area contributed by atoms with E-state index in [1.807, 2.05) is 15.5 Å². The highest BCUT2D eigenvalue weighted by atomic mass is 16.2. The van der Waals surface area contributed by atoms with Gasteiger partial charge in [0, 0.05) is 56.3 Å². The van der Waals surface area contributed by atoms with Crippen LogP contribution in [0.15, 0.2) is 16.9 Å².